The van der Waals surface area contributed by atoms with Gasteiger partial charge in [0.1, 0.15) is 22.4 Å². The topological polar surface area (TPSA) is 71.1 Å². The zero-order valence-electron chi connectivity index (χ0n) is 18.8. The van der Waals surface area contributed by atoms with Crippen LogP contribution >= 0.6 is 12.2 Å². The second kappa shape index (κ2) is 8.86. The number of amides is 1. The molecule has 34 heavy (non-hydrogen) atoms. The van der Waals surface area contributed by atoms with E-state index in [2.05, 4.69) is 17.5 Å². The van der Waals surface area contributed by atoms with Gasteiger partial charge in [0.25, 0.3) is 6.43 Å². The number of carbonyl (C=O) groups is 2. The summed E-state index contributed by atoms with van der Waals surface area (Å²) in [7, 11) is 0. The Morgan fingerprint density at radius 1 is 1.21 bits per heavy atom. The summed E-state index contributed by atoms with van der Waals surface area (Å²) in [5.41, 5.74) is -0.854. The maximum Gasteiger partial charge on any atom is 0.414 e. The Balaban J connectivity index is 1.39. The van der Waals surface area contributed by atoms with Crippen molar-refractivity contribution in [1.29, 1.82) is 0 Å². The van der Waals surface area contributed by atoms with Gasteiger partial charge in [-0.15, -0.1) is 0 Å². The number of rotatable bonds is 6. The Hall–Kier alpha value is -2.63. The van der Waals surface area contributed by atoms with Crippen LogP contribution in [0.25, 0.3) is 0 Å². The zero-order chi connectivity index (χ0) is 24.9. The molecular weight excluding hydrogens is 478 g/mol. The molecule has 2 aliphatic heterocycles. The van der Waals surface area contributed by atoms with Crippen molar-refractivity contribution in [3.63, 3.8) is 0 Å². The number of esters is 1. The quantitative estimate of drug-likeness (QED) is 0.362. The number of thiocarbonyl (C=S) groups is 1. The fourth-order valence-electron chi connectivity index (χ4n) is 4.57. The van der Waals surface area contributed by atoms with Crippen molar-refractivity contribution in [3.8, 4) is 0 Å². The predicted octanol–water partition coefficient (Wildman–Crippen LogP) is 3.50. The Morgan fingerprint density at radius 3 is 2.32 bits per heavy atom. The summed E-state index contributed by atoms with van der Waals surface area (Å²) >= 11 is 4.48. The van der Waals surface area contributed by atoms with Crippen molar-refractivity contribution in [2.24, 2.45) is 17.8 Å². The summed E-state index contributed by atoms with van der Waals surface area (Å²) in [6, 6.07) is 2.07. The molecule has 1 aromatic carbocycles. The van der Waals surface area contributed by atoms with E-state index in [1.807, 2.05) is 0 Å². The number of alkyl halides is 2. The average molecular weight is 504 g/mol. The van der Waals surface area contributed by atoms with E-state index in [-0.39, 0.29) is 48.2 Å². The maximum absolute atomic E-state index is 14.9. The molecule has 3 fully saturated rings. The van der Waals surface area contributed by atoms with Gasteiger partial charge < -0.3 is 19.7 Å². The van der Waals surface area contributed by atoms with Crippen LogP contribution in [0.1, 0.15) is 20.8 Å². The molecule has 4 atom stereocenters. The van der Waals surface area contributed by atoms with E-state index >= 15 is 0 Å². The zero-order valence-corrected chi connectivity index (χ0v) is 19.6. The van der Waals surface area contributed by atoms with Gasteiger partial charge in [0.15, 0.2) is 11.6 Å². The van der Waals surface area contributed by atoms with Crippen LogP contribution in [0.15, 0.2) is 12.1 Å². The molecule has 2 saturated heterocycles. The third-order valence-corrected chi connectivity index (χ3v) is 6.40. The molecule has 1 unspecified atom stereocenters. The highest BCUT2D eigenvalue weighted by Gasteiger charge is 2.61. The van der Waals surface area contributed by atoms with Gasteiger partial charge in [-0.1, -0.05) is 12.2 Å². The Labute approximate surface area is 199 Å². The van der Waals surface area contributed by atoms with Gasteiger partial charge in [-0.3, -0.25) is 9.69 Å². The summed E-state index contributed by atoms with van der Waals surface area (Å²) in [6.45, 7) is 5.78. The standard InChI is InChI=1S/C22H25F4N3O4S/c1-22(2,3)33-20(30)16-12-8-28(9-13(12)16)17-14(23)4-10(5-15(17)24)29-7-11(32-21(29)31)6-27-19(34)18(25)26/h4-5,11-13,16,18H,6-9H2,1-3H3,(H,27,34)/t11-,12-,13+,16?/m0/s1. The van der Waals surface area contributed by atoms with Gasteiger partial charge in [0, 0.05) is 25.2 Å². The molecule has 1 saturated carbocycles. The highest BCUT2D eigenvalue weighted by Crippen LogP contribution is 2.54. The second-order valence-electron chi connectivity index (χ2n) is 9.71. The van der Waals surface area contributed by atoms with E-state index < -0.39 is 40.8 Å². The third kappa shape index (κ3) is 4.91. The normalized spacial score (nSPS) is 25.9. The van der Waals surface area contributed by atoms with E-state index in [1.165, 1.54) is 0 Å². The number of carbonyl (C=O) groups excluding carboxylic acids is 2. The van der Waals surface area contributed by atoms with E-state index in [4.69, 9.17) is 9.47 Å². The van der Waals surface area contributed by atoms with Gasteiger partial charge in [-0.2, -0.15) is 0 Å². The van der Waals surface area contributed by atoms with Gasteiger partial charge in [0.05, 0.1) is 24.7 Å². The minimum atomic E-state index is -2.84. The van der Waals surface area contributed by atoms with Crippen LogP contribution in [0.2, 0.25) is 0 Å². The first kappa shape index (κ1) is 24.5. The molecule has 7 nitrogen and oxygen atoms in total. The van der Waals surface area contributed by atoms with Gasteiger partial charge >= 0.3 is 12.1 Å². The number of benzene rings is 1. The largest absolute Gasteiger partial charge is 0.460 e. The number of anilines is 2. The molecule has 0 aromatic heterocycles. The van der Waals surface area contributed by atoms with Crippen LogP contribution in [0.4, 0.5) is 33.7 Å². The van der Waals surface area contributed by atoms with E-state index in [1.54, 1.807) is 25.7 Å². The summed E-state index contributed by atoms with van der Waals surface area (Å²) in [5.74, 6) is -2.28. The number of halogens is 4. The molecule has 186 valence electrons. The Morgan fingerprint density at radius 2 is 1.79 bits per heavy atom. The number of nitrogens with one attached hydrogen (secondary N) is 1. The number of hydrogen-bond acceptors (Lipinski definition) is 6. The number of nitrogens with zero attached hydrogens (tertiary/aromatic N) is 2. The van der Waals surface area contributed by atoms with Crippen molar-refractivity contribution in [3.05, 3.63) is 23.8 Å². The first-order valence-electron chi connectivity index (χ1n) is 10.9. The van der Waals surface area contributed by atoms with Crippen molar-refractivity contribution in [2.75, 3.05) is 36.0 Å². The van der Waals surface area contributed by atoms with Crippen molar-refractivity contribution in [1.82, 2.24) is 5.32 Å². The highest BCUT2D eigenvalue weighted by molar-refractivity contribution is 7.80. The van der Waals surface area contributed by atoms with Crippen LogP contribution in [-0.4, -0.2) is 61.4 Å². The number of fused-ring (bicyclic) bond motifs is 1. The number of ether oxygens (including phenoxy) is 2. The molecule has 4 rings (SSSR count). The molecule has 0 bridgehead atoms. The van der Waals surface area contributed by atoms with Crippen LogP contribution in [0.3, 0.4) is 0 Å². The number of cyclic esters (lactones) is 1. The summed E-state index contributed by atoms with van der Waals surface area (Å²) < 4.78 is 65.4. The second-order valence-corrected chi connectivity index (χ2v) is 10.2. The SMILES string of the molecule is CC(C)(C)OC(=O)C1[C@H]2CN(c3c(F)cc(N4C[C@H](CNC(=S)C(F)F)OC4=O)cc3F)C[C@@H]12. The lowest BCUT2D eigenvalue weighted by Crippen LogP contribution is -2.36. The Bertz CT molecular complexity index is 983. The Kier molecular flexibility index (Phi) is 6.38. The van der Waals surface area contributed by atoms with Crippen LogP contribution in [0.5, 0.6) is 0 Å². The fraction of sp³-hybridized carbons (Fsp3) is 0.591. The van der Waals surface area contributed by atoms with Crippen molar-refractivity contribution in [2.45, 2.75) is 38.9 Å². The van der Waals surface area contributed by atoms with Crippen LogP contribution < -0.4 is 15.1 Å². The maximum atomic E-state index is 14.9. The lowest BCUT2D eigenvalue weighted by atomic mass is 10.1. The molecule has 0 spiro atoms. The molecule has 1 N–H and O–H groups in total. The van der Waals surface area contributed by atoms with Gasteiger partial charge in [0.2, 0.25) is 0 Å². The molecule has 12 heteroatoms. The van der Waals surface area contributed by atoms with E-state index in [9.17, 15) is 27.2 Å². The minimum absolute atomic E-state index is 0.0190. The fourth-order valence-corrected chi connectivity index (χ4v) is 4.65. The van der Waals surface area contributed by atoms with E-state index in [0.717, 1.165) is 17.0 Å². The molecular formula is C22H25F4N3O4S. The van der Waals surface area contributed by atoms with Crippen LogP contribution in [0, 0.1) is 29.4 Å². The first-order valence-corrected chi connectivity index (χ1v) is 11.3. The first-order chi connectivity index (χ1) is 15.9. The molecule has 1 aromatic rings. The summed E-state index contributed by atoms with van der Waals surface area (Å²) in [6.07, 6.45) is -4.50. The molecule has 0 radical (unpaired) electrons. The number of piperidine rings is 1. The van der Waals surface area contributed by atoms with Crippen LogP contribution in [-0.2, 0) is 14.3 Å². The smallest absolute Gasteiger partial charge is 0.414 e. The molecule has 3 aliphatic rings. The predicted molar refractivity (Wildman–Crippen MR) is 119 cm³/mol. The van der Waals surface area contributed by atoms with Gasteiger partial charge in [-0.25, -0.2) is 22.4 Å². The highest BCUT2D eigenvalue weighted by atomic mass is 32.1. The summed E-state index contributed by atoms with van der Waals surface area (Å²) in [4.78, 5) is 26.4. The number of hydrogen-bond donors (Lipinski definition) is 1. The molecule has 1 aliphatic carbocycles. The monoisotopic (exact) mass is 503 g/mol. The average Bonchev–Trinajstić information content (AvgIpc) is 3.02. The third-order valence-electron chi connectivity index (χ3n) is 6.08. The lowest BCUT2D eigenvalue weighted by molar-refractivity contribution is -0.157. The van der Waals surface area contributed by atoms with E-state index in [0.29, 0.717) is 13.1 Å². The lowest BCUT2D eigenvalue weighted by Gasteiger charge is -2.25. The van der Waals surface area contributed by atoms with Gasteiger partial charge in [-0.05, 0) is 32.6 Å². The summed E-state index contributed by atoms with van der Waals surface area (Å²) in [5, 5.41) is 2.31. The molecule has 2 heterocycles. The van der Waals surface area contributed by atoms with Crippen molar-refractivity contribution < 1.29 is 36.6 Å². The minimum Gasteiger partial charge on any atom is -0.460 e. The molecule has 1 amide bonds. The van der Waals surface area contributed by atoms with Crippen molar-refractivity contribution >= 4 is 40.6 Å².